The highest BCUT2D eigenvalue weighted by Crippen LogP contribution is 2.52. The van der Waals surface area contributed by atoms with Gasteiger partial charge in [0.1, 0.15) is 0 Å². The molecule has 1 aromatic rings. The lowest BCUT2D eigenvalue weighted by molar-refractivity contribution is 0.0579. The molecule has 0 amide bonds. The number of benzene rings is 1. The predicted octanol–water partition coefficient (Wildman–Crippen LogP) is 2.54. The highest BCUT2D eigenvalue weighted by molar-refractivity contribution is 5.27. The van der Waals surface area contributed by atoms with Crippen LogP contribution in [0.15, 0.2) is 30.3 Å². The molecule has 2 nitrogen and oxygen atoms in total. The number of hydrogen-bond donors (Lipinski definition) is 2. The molecule has 17 heavy (non-hydrogen) atoms. The number of nitrogens with one attached hydrogen (secondary N) is 1. The maximum absolute atomic E-state index is 9.31. The van der Waals surface area contributed by atoms with Gasteiger partial charge in [0.2, 0.25) is 0 Å². The summed E-state index contributed by atoms with van der Waals surface area (Å²) in [5.41, 5.74) is 1.71. The molecule has 0 radical (unpaired) electrons. The van der Waals surface area contributed by atoms with Gasteiger partial charge in [0.15, 0.2) is 0 Å². The summed E-state index contributed by atoms with van der Waals surface area (Å²) >= 11 is 0. The number of rotatable bonds is 4. The Balaban J connectivity index is 1.98. The Bertz CT molecular complexity index is 358. The molecule has 0 heterocycles. The summed E-state index contributed by atoms with van der Waals surface area (Å²) in [7, 11) is 0. The molecule has 0 aliphatic heterocycles. The summed E-state index contributed by atoms with van der Waals surface area (Å²) in [5.74, 6) is 0.634. The van der Waals surface area contributed by atoms with Crippen LogP contribution in [0, 0.1) is 5.41 Å². The summed E-state index contributed by atoms with van der Waals surface area (Å²) in [6.45, 7) is 7.14. The first-order valence-corrected chi connectivity index (χ1v) is 6.48. The first kappa shape index (κ1) is 12.6. The van der Waals surface area contributed by atoms with Crippen molar-refractivity contribution < 1.29 is 5.11 Å². The summed E-state index contributed by atoms with van der Waals surface area (Å²) in [6.07, 6.45) is 0.908. The van der Waals surface area contributed by atoms with E-state index in [4.69, 9.17) is 0 Å². The maximum Gasteiger partial charge on any atom is 0.0636 e. The molecule has 0 bridgehead atoms. The highest BCUT2D eigenvalue weighted by atomic mass is 16.3. The van der Waals surface area contributed by atoms with Crippen LogP contribution >= 0.6 is 0 Å². The lowest BCUT2D eigenvalue weighted by Crippen LogP contribution is -2.56. The molecular weight excluding hydrogens is 210 g/mol. The van der Waals surface area contributed by atoms with Gasteiger partial charge in [-0.3, -0.25) is 0 Å². The van der Waals surface area contributed by atoms with Gasteiger partial charge < -0.3 is 10.4 Å². The number of aliphatic hydroxyl groups is 1. The molecule has 0 saturated heterocycles. The fourth-order valence-electron chi connectivity index (χ4n) is 2.84. The van der Waals surface area contributed by atoms with E-state index in [1.54, 1.807) is 0 Å². The van der Waals surface area contributed by atoms with Crippen LogP contribution in [-0.2, 0) is 0 Å². The van der Waals surface area contributed by atoms with Crippen LogP contribution in [0.3, 0.4) is 0 Å². The second-order valence-corrected chi connectivity index (χ2v) is 5.83. The van der Waals surface area contributed by atoms with Gasteiger partial charge in [0, 0.05) is 12.6 Å². The first-order valence-electron chi connectivity index (χ1n) is 6.48. The maximum atomic E-state index is 9.31. The second-order valence-electron chi connectivity index (χ2n) is 5.83. The van der Waals surface area contributed by atoms with Crippen LogP contribution in [0.25, 0.3) is 0 Å². The zero-order valence-corrected chi connectivity index (χ0v) is 11.0. The molecule has 1 aromatic carbocycles. The molecule has 1 saturated carbocycles. The van der Waals surface area contributed by atoms with Crippen LogP contribution in [0.5, 0.6) is 0 Å². The van der Waals surface area contributed by atoms with E-state index in [0.29, 0.717) is 18.5 Å². The number of aliphatic hydroxyl groups excluding tert-OH is 1. The van der Waals surface area contributed by atoms with E-state index in [1.165, 1.54) is 12.0 Å². The normalized spacial score (nSPS) is 28.5. The van der Waals surface area contributed by atoms with Crippen LogP contribution in [0.2, 0.25) is 0 Å². The molecule has 1 aliphatic rings. The third-order valence-corrected chi connectivity index (χ3v) is 4.13. The lowest BCUT2D eigenvalue weighted by atomic mass is 9.56. The van der Waals surface area contributed by atoms with Crippen molar-refractivity contribution in [2.45, 2.75) is 45.3 Å². The van der Waals surface area contributed by atoms with E-state index in [2.05, 4.69) is 49.5 Å². The Hall–Kier alpha value is -0.860. The van der Waals surface area contributed by atoms with Gasteiger partial charge in [0.05, 0.1) is 6.10 Å². The van der Waals surface area contributed by atoms with Gasteiger partial charge in [-0.1, -0.05) is 44.2 Å². The van der Waals surface area contributed by atoms with E-state index in [9.17, 15) is 5.11 Å². The van der Waals surface area contributed by atoms with Crippen molar-refractivity contribution in [3.63, 3.8) is 0 Å². The van der Waals surface area contributed by atoms with Gasteiger partial charge in [-0.15, -0.1) is 0 Å². The summed E-state index contributed by atoms with van der Waals surface area (Å²) in [5, 5.41) is 12.8. The van der Waals surface area contributed by atoms with E-state index in [0.717, 1.165) is 0 Å². The fourth-order valence-corrected chi connectivity index (χ4v) is 2.84. The standard InChI is InChI=1S/C15H23NO/c1-11(17)10-16-14-9-13(15(14,2)3)12-7-5-4-6-8-12/h4-8,11,13-14,16-17H,9-10H2,1-3H3/t11-,13?,14?/m1/s1. The smallest absolute Gasteiger partial charge is 0.0636 e. The second kappa shape index (κ2) is 4.79. The third-order valence-electron chi connectivity index (χ3n) is 4.13. The Labute approximate surface area is 104 Å². The van der Waals surface area contributed by atoms with Gasteiger partial charge in [-0.05, 0) is 30.2 Å². The van der Waals surface area contributed by atoms with Gasteiger partial charge >= 0.3 is 0 Å². The molecule has 2 unspecified atom stereocenters. The van der Waals surface area contributed by atoms with E-state index < -0.39 is 0 Å². The molecule has 2 rings (SSSR count). The van der Waals surface area contributed by atoms with Crippen molar-refractivity contribution in [1.29, 1.82) is 0 Å². The Morgan fingerprint density at radius 1 is 1.35 bits per heavy atom. The van der Waals surface area contributed by atoms with Crippen LogP contribution in [0.1, 0.15) is 38.7 Å². The minimum Gasteiger partial charge on any atom is -0.392 e. The van der Waals surface area contributed by atoms with Gasteiger partial charge in [-0.2, -0.15) is 0 Å². The topological polar surface area (TPSA) is 32.3 Å². The van der Waals surface area contributed by atoms with Crippen LogP contribution in [-0.4, -0.2) is 23.8 Å². The van der Waals surface area contributed by atoms with Crippen molar-refractivity contribution in [3.8, 4) is 0 Å². The Morgan fingerprint density at radius 2 is 2.00 bits per heavy atom. The van der Waals surface area contributed by atoms with E-state index >= 15 is 0 Å². The molecule has 3 atom stereocenters. The molecular formula is C15H23NO. The van der Waals surface area contributed by atoms with Gasteiger partial charge in [0.25, 0.3) is 0 Å². The average molecular weight is 233 g/mol. The Kier molecular flexibility index (Phi) is 3.55. The molecule has 0 spiro atoms. The third kappa shape index (κ3) is 2.53. The summed E-state index contributed by atoms with van der Waals surface area (Å²) in [6, 6.07) is 11.2. The lowest BCUT2D eigenvalue weighted by Gasteiger charge is -2.53. The highest BCUT2D eigenvalue weighted by Gasteiger charge is 2.48. The molecule has 94 valence electrons. The van der Waals surface area contributed by atoms with E-state index in [-0.39, 0.29) is 11.5 Å². The Morgan fingerprint density at radius 3 is 2.53 bits per heavy atom. The molecule has 2 N–H and O–H groups in total. The molecule has 1 aliphatic carbocycles. The van der Waals surface area contributed by atoms with Crippen LogP contribution in [0.4, 0.5) is 0 Å². The minimum absolute atomic E-state index is 0.262. The first-order chi connectivity index (χ1) is 8.01. The zero-order valence-electron chi connectivity index (χ0n) is 11.0. The summed E-state index contributed by atoms with van der Waals surface area (Å²) < 4.78 is 0. The molecule has 1 fully saturated rings. The van der Waals surface area contributed by atoms with E-state index in [1.807, 2.05) is 6.92 Å². The number of hydrogen-bond acceptors (Lipinski definition) is 2. The van der Waals surface area contributed by atoms with Crippen molar-refractivity contribution >= 4 is 0 Å². The summed E-state index contributed by atoms with van der Waals surface area (Å²) in [4.78, 5) is 0. The monoisotopic (exact) mass is 233 g/mol. The van der Waals surface area contributed by atoms with Gasteiger partial charge in [-0.25, -0.2) is 0 Å². The SMILES string of the molecule is C[C@@H](O)CNC1CC(c2ccccc2)C1(C)C. The minimum atomic E-state index is -0.262. The largest absolute Gasteiger partial charge is 0.392 e. The van der Waals surface area contributed by atoms with Crippen molar-refractivity contribution in [1.82, 2.24) is 5.32 Å². The molecule has 0 aromatic heterocycles. The van der Waals surface area contributed by atoms with Crippen molar-refractivity contribution in [2.75, 3.05) is 6.54 Å². The van der Waals surface area contributed by atoms with Crippen LogP contribution < -0.4 is 5.32 Å². The average Bonchev–Trinajstić information content (AvgIpc) is 2.28. The van der Waals surface area contributed by atoms with Crippen molar-refractivity contribution in [2.24, 2.45) is 5.41 Å². The predicted molar refractivity (Wildman–Crippen MR) is 71.1 cm³/mol. The fraction of sp³-hybridized carbons (Fsp3) is 0.600. The zero-order chi connectivity index (χ0) is 12.5. The quantitative estimate of drug-likeness (QED) is 0.837. The molecule has 2 heteroatoms. The van der Waals surface area contributed by atoms with Crippen molar-refractivity contribution in [3.05, 3.63) is 35.9 Å².